The van der Waals surface area contributed by atoms with Crippen molar-refractivity contribution in [3.05, 3.63) is 29.3 Å². The fourth-order valence-corrected chi connectivity index (χ4v) is 2.09. The zero-order valence-corrected chi connectivity index (χ0v) is 14.0. The first kappa shape index (κ1) is 17.5. The summed E-state index contributed by atoms with van der Waals surface area (Å²) in [4.78, 5) is 4.29. The van der Waals surface area contributed by atoms with Crippen molar-refractivity contribution in [2.24, 2.45) is 5.92 Å². The Morgan fingerprint density at radius 1 is 1.19 bits per heavy atom. The average Bonchev–Trinajstić information content (AvgIpc) is 2.44. The number of rotatable bonds is 8. The molecular formula is C17H28N4. The van der Waals surface area contributed by atoms with Gasteiger partial charge in [-0.15, -0.1) is 0 Å². The van der Waals surface area contributed by atoms with Gasteiger partial charge in [-0.25, -0.2) is 0 Å². The summed E-state index contributed by atoms with van der Waals surface area (Å²) < 4.78 is 0. The molecule has 0 saturated carbocycles. The third kappa shape index (κ3) is 6.16. The third-order valence-corrected chi connectivity index (χ3v) is 3.36. The quantitative estimate of drug-likeness (QED) is 0.797. The van der Waals surface area contributed by atoms with Crippen LogP contribution in [0.2, 0.25) is 0 Å². The Bertz CT molecular complexity index is 474. The van der Waals surface area contributed by atoms with Crippen LogP contribution in [0.15, 0.2) is 18.2 Å². The minimum absolute atomic E-state index is 0.636. The van der Waals surface area contributed by atoms with Gasteiger partial charge in [-0.05, 0) is 44.3 Å². The topological polar surface area (TPSA) is 42.3 Å². The molecule has 21 heavy (non-hydrogen) atoms. The van der Waals surface area contributed by atoms with Gasteiger partial charge in [0.2, 0.25) is 0 Å². The molecule has 4 nitrogen and oxygen atoms in total. The van der Waals surface area contributed by atoms with Crippen LogP contribution in [0.25, 0.3) is 0 Å². The Morgan fingerprint density at radius 3 is 2.48 bits per heavy atom. The van der Waals surface area contributed by atoms with E-state index in [0.717, 1.165) is 43.0 Å². The Labute approximate surface area is 129 Å². The van der Waals surface area contributed by atoms with Gasteiger partial charge in [0, 0.05) is 26.7 Å². The SMILES string of the molecule is CC(C)CNCc1ccc(N(C)CCN(C)C)c(C#N)c1. The molecule has 116 valence electrons. The molecule has 4 heteroatoms. The van der Waals surface area contributed by atoms with E-state index >= 15 is 0 Å². The molecule has 0 unspecified atom stereocenters. The van der Waals surface area contributed by atoms with Crippen LogP contribution in [0, 0.1) is 17.2 Å². The van der Waals surface area contributed by atoms with Crippen molar-refractivity contribution in [1.29, 1.82) is 5.26 Å². The molecule has 1 N–H and O–H groups in total. The standard InChI is InChI=1S/C17H28N4/c1-14(2)12-19-13-15-6-7-17(16(10-15)11-18)21(5)9-8-20(3)4/h6-7,10,14,19H,8-9,12-13H2,1-5H3. The molecular weight excluding hydrogens is 260 g/mol. The van der Waals surface area contributed by atoms with Crippen molar-refractivity contribution in [3.8, 4) is 6.07 Å². The van der Waals surface area contributed by atoms with E-state index in [0.29, 0.717) is 5.92 Å². The smallest absolute Gasteiger partial charge is 0.101 e. The molecule has 0 atom stereocenters. The minimum Gasteiger partial charge on any atom is -0.372 e. The molecule has 0 aliphatic rings. The van der Waals surface area contributed by atoms with Gasteiger partial charge >= 0.3 is 0 Å². The zero-order valence-electron chi connectivity index (χ0n) is 14.0. The Balaban J connectivity index is 2.72. The highest BCUT2D eigenvalue weighted by Gasteiger charge is 2.08. The predicted molar refractivity (Wildman–Crippen MR) is 89.5 cm³/mol. The van der Waals surface area contributed by atoms with Crippen LogP contribution in [0.5, 0.6) is 0 Å². The van der Waals surface area contributed by atoms with Crippen LogP contribution in [0.3, 0.4) is 0 Å². The molecule has 0 heterocycles. The molecule has 1 rings (SSSR count). The summed E-state index contributed by atoms with van der Waals surface area (Å²) in [5.74, 6) is 0.636. The predicted octanol–water partition coefficient (Wildman–Crippen LogP) is 2.30. The van der Waals surface area contributed by atoms with Crippen molar-refractivity contribution in [2.75, 3.05) is 45.7 Å². The first-order valence-corrected chi connectivity index (χ1v) is 7.53. The number of benzene rings is 1. The number of hydrogen-bond acceptors (Lipinski definition) is 4. The van der Waals surface area contributed by atoms with E-state index in [1.54, 1.807) is 0 Å². The molecule has 0 aliphatic heterocycles. The van der Waals surface area contributed by atoms with Crippen LogP contribution < -0.4 is 10.2 Å². The fourth-order valence-electron chi connectivity index (χ4n) is 2.09. The number of nitrogens with zero attached hydrogens (tertiary/aromatic N) is 3. The second-order valence-electron chi connectivity index (χ2n) is 6.21. The maximum absolute atomic E-state index is 9.38. The van der Waals surface area contributed by atoms with Crippen LogP contribution in [-0.4, -0.2) is 45.7 Å². The Morgan fingerprint density at radius 2 is 1.90 bits per heavy atom. The van der Waals surface area contributed by atoms with Crippen LogP contribution in [0.1, 0.15) is 25.0 Å². The van der Waals surface area contributed by atoms with Crippen molar-refractivity contribution in [2.45, 2.75) is 20.4 Å². The lowest BCUT2D eigenvalue weighted by Crippen LogP contribution is -2.29. The molecule has 0 aliphatic carbocycles. The summed E-state index contributed by atoms with van der Waals surface area (Å²) in [6.45, 7) is 8.07. The number of nitriles is 1. The van der Waals surface area contributed by atoms with Gasteiger partial charge in [0.15, 0.2) is 0 Å². The highest BCUT2D eigenvalue weighted by molar-refractivity contribution is 5.60. The van der Waals surface area contributed by atoms with Gasteiger partial charge in [0.25, 0.3) is 0 Å². The number of hydrogen-bond donors (Lipinski definition) is 1. The molecule has 1 aromatic rings. The van der Waals surface area contributed by atoms with Crippen molar-refractivity contribution < 1.29 is 0 Å². The summed E-state index contributed by atoms with van der Waals surface area (Å²) >= 11 is 0. The molecule has 0 fully saturated rings. The van der Waals surface area contributed by atoms with Crippen molar-refractivity contribution in [1.82, 2.24) is 10.2 Å². The maximum Gasteiger partial charge on any atom is 0.101 e. The average molecular weight is 288 g/mol. The van der Waals surface area contributed by atoms with Crippen LogP contribution in [-0.2, 0) is 6.54 Å². The van der Waals surface area contributed by atoms with Gasteiger partial charge in [0.1, 0.15) is 6.07 Å². The molecule has 0 amide bonds. The van der Waals surface area contributed by atoms with Gasteiger partial charge in [-0.2, -0.15) is 5.26 Å². The van der Waals surface area contributed by atoms with E-state index in [1.807, 2.05) is 13.1 Å². The van der Waals surface area contributed by atoms with Crippen LogP contribution in [0.4, 0.5) is 5.69 Å². The molecule has 0 aromatic heterocycles. The number of anilines is 1. The summed E-state index contributed by atoms with van der Waals surface area (Å²) in [5.41, 5.74) is 2.92. The van der Waals surface area contributed by atoms with E-state index in [1.165, 1.54) is 0 Å². The fraction of sp³-hybridized carbons (Fsp3) is 0.588. The molecule has 1 aromatic carbocycles. The lowest BCUT2D eigenvalue weighted by Gasteiger charge is -2.23. The van der Waals surface area contributed by atoms with E-state index < -0.39 is 0 Å². The highest BCUT2D eigenvalue weighted by Crippen LogP contribution is 2.20. The number of nitrogens with one attached hydrogen (secondary N) is 1. The van der Waals surface area contributed by atoms with Crippen molar-refractivity contribution in [3.63, 3.8) is 0 Å². The van der Waals surface area contributed by atoms with Gasteiger partial charge < -0.3 is 15.1 Å². The van der Waals surface area contributed by atoms with E-state index in [2.05, 4.69) is 61.3 Å². The summed E-state index contributed by atoms with van der Waals surface area (Å²) in [5, 5.41) is 12.8. The monoisotopic (exact) mass is 288 g/mol. The molecule has 0 bridgehead atoms. The number of likely N-dealkylation sites (N-methyl/N-ethyl adjacent to an activating group) is 2. The molecule has 0 radical (unpaired) electrons. The first-order chi connectivity index (χ1) is 9.93. The van der Waals surface area contributed by atoms with Gasteiger partial charge in [0.05, 0.1) is 11.3 Å². The van der Waals surface area contributed by atoms with E-state index in [9.17, 15) is 5.26 Å². The van der Waals surface area contributed by atoms with E-state index in [4.69, 9.17) is 0 Å². The second kappa shape index (κ2) is 8.66. The van der Waals surface area contributed by atoms with Gasteiger partial charge in [-0.1, -0.05) is 19.9 Å². The largest absolute Gasteiger partial charge is 0.372 e. The zero-order chi connectivity index (χ0) is 15.8. The van der Waals surface area contributed by atoms with Crippen LogP contribution >= 0.6 is 0 Å². The maximum atomic E-state index is 9.38. The minimum atomic E-state index is 0.636. The Kier molecular flexibility index (Phi) is 7.21. The highest BCUT2D eigenvalue weighted by atomic mass is 15.2. The molecule has 0 spiro atoms. The van der Waals surface area contributed by atoms with Gasteiger partial charge in [-0.3, -0.25) is 0 Å². The molecule has 0 saturated heterocycles. The third-order valence-electron chi connectivity index (χ3n) is 3.36. The second-order valence-corrected chi connectivity index (χ2v) is 6.21. The first-order valence-electron chi connectivity index (χ1n) is 7.53. The Hall–Kier alpha value is -1.57. The van der Waals surface area contributed by atoms with E-state index in [-0.39, 0.29) is 0 Å². The lowest BCUT2D eigenvalue weighted by atomic mass is 10.1. The summed E-state index contributed by atoms with van der Waals surface area (Å²) in [7, 11) is 6.15. The summed E-state index contributed by atoms with van der Waals surface area (Å²) in [6.07, 6.45) is 0. The summed E-state index contributed by atoms with van der Waals surface area (Å²) in [6, 6.07) is 8.48. The normalized spacial score (nSPS) is 11.0. The van der Waals surface area contributed by atoms with Crippen molar-refractivity contribution >= 4 is 5.69 Å². The lowest BCUT2D eigenvalue weighted by molar-refractivity contribution is 0.416.